The first-order valence-corrected chi connectivity index (χ1v) is 7.55. The molecule has 0 aromatic heterocycles. The zero-order chi connectivity index (χ0) is 14.1. The summed E-state index contributed by atoms with van der Waals surface area (Å²) >= 11 is 0. The Labute approximate surface area is 118 Å². The summed E-state index contributed by atoms with van der Waals surface area (Å²) in [6.07, 6.45) is 4.98. The quantitative estimate of drug-likeness (QED) is 0.659. The molecule has 0 aliphatic carbocycles. The van der Waals surface area contributed by atoms with E-state index in [0.717, 1.165) is 24.6 Å². The first kappa shape index (κ1) is 16.0. The number of methoxy groups -OCH3 is 1. The molecule has 0 fully saturated rings. The van der Waals surface area contributed by atoms with Crippen molar-refractivity contribution in [2.24, 2.45) is 5.92 Å². The minimum Gasteiger partial charge on any atom is -0.496 e. The molecule has 0 saturated carbocycles. The van der Waals surface area contributed by atoms with Crippen LogP contribution in [0.1, 0.15) is 58.1 Å². The lowest BCUT2D eigenvalue weighted by Crippen LogP contribution is -2.22. The highest BCUT2D eigenvalue weighted by Gasteiger charge is 2.12. The third-order valence-electron chi connectivity index (χ3n) is 3.52. The lowest BCUT2D eigenvalue weighted by atomic mass is 10.0. The zero-order valence-electron chi connectivity index (χ0n) is 12.9. The SMILES string of the molecule is CCC(NCCCCC(C)C)c1ccccc1OC. The van der Waals surface area contributed by atoms with E-state index in [1.807, 2.05) is 12.1 Å². The summed E-state index contributed by atoms with van der Waals surface area (Å²) in [5, 5.41) is 3.65. The van der Waals surface area contributed by atoms with Gasteiger partial charge in [-0.25, -0.2) is 0 Å². The van der Waals surface area contributed by atoms with E-state index in [2.05, 4.69) is 38.2 Å². The summed E-state index contributed by atoms with van der Waals surface area (Å²) in [5.74, 6) is 1.81. The summed E-state index contributed by atoms with van der Waals surface area (Å²) in [4.78, 5) is 0. The maximum Gasteiger partial charge on any atom is 0.123 e. The Balaban J connectivity index is 2.44. The van der Waals surface area contributed by atoms with Gasteiger partial charge in [-0.15, -0.1) is 0 Å². The van der Waals surface area contributed by atoms with Gasteiger partial charge >= 0.3 is 0 Å². The van der Waals surface area contributed by atoms with Crippen molar-refractivity contribution in [2.75, 3.05) is 13.7 Å². The van der Waals surface area contributed by atoms with Crippen LogP contribution in [0.2, 0.25) is 0 Å². The average molecular weight is 263 g/mol. The number of hydrogen-bond acceptors (Lipinski definition) is 2. The van der Waals surface area contributed by atoms with Gasteiger partial charge in [0.05, 0.1) is 7.11 Å². The lowest BCUT2D eigenvalue weighted by molar-refractivity contribution is 0.395. The van der Waals surface area contributed by atoms with Crippen molar-refractivity contribution in [3.05, 3.63) is 29.8 Å². The van der Waals surface area contributed by atoms with Crippen molar-refractivity contribution in [3.8, 4) is 5.75 Å². The molecule has 0 aliphatic rings. The van der Waals surface area contributed by atoms with Crippen molar-refractivity contribution in [1.29, 1.82) is 0 Å². The minimum absolute atomic E-state index is 0.398. The van der Waals surface area contributed by atoms with Gasteiger partial charge in [0.25, 0.3) is 0 Å². The highest BCUT2D eigenvalue weighted by Crippen LogP contribution is 2.26. The highest BCUT2D eigenvalue weighted by molar-refractivity contribution is 5.35. The number of ether oxygens (including phenoxy) is 1. The van der Waals surface area contributed by atoms with Crippen LogP contribution >= 0.6 is 0 Å². The van der Waals surface area contributed by atoms with Crippen molar-refractivity contribution in [3.63, 3.8) is 0 Å². The van der Waals surface area contributed by atoms with E-state index in [4.69, 9.17) is 4.74 Å². The van der Waals surface area contributed by atoms with Crippen LogP contribution in [-0.4, -0.2) is 13.7 Å². The van der Waals surface area contributed by atoms with Crippen molar-refractivity contribution in [1.82, 2.24) is 5.32 Å². The Morgan fingerprint density at radius 1 is 1.16 bits per heavy atom. The molecule has 1 aromatic rings. The second-order valence-corrected chi connectivity index (χ2v) is 5.55. The highest BCUT2D eigenvalue weighted by atomic mass is 16.5. The summed E-state index contributed by atoms with van der Waals surface area (Å²) in [6.45, 7) is 7.88. The van der Waals surface area contributed by atoms with Gasteiger partial charge in [0.2, 0.25) is 0 Å². The van der Waals surface area contributed by atoms with Crippen molar-refractivity contribution >= 4 is 0 Å². The van der Waals surface area contributed by atoms with Gasteiger partial charge in [-0.3, -0.25) is 0 Å². The largest absolute Gasteiger partial charge is 0.496 e. The summed E-state index contributed by atoms with van der Waals surface area (Å²) < 4.78 is 5.45. The topological polar surface area (TPSA) is 21.3 Å². The monoisotopic (exact) mass is 263 g/mol. The molecule has 0 aliphatic heterocycles. The molecular weight excluding hydrogens is 234 g/mol. The molecule has 0 heterocycles. The van der Waals surface area contributed by atoms with Crippen LogP contribution in [-0.2, 0) is 0 Å². The van der Waals surface area contributed by atoms with E-state index in [0.29, 0.717) is 6.04 Å². The maximum atomic E-state index is 5.45. The standard InChI is InChI=1S/C17H29NO/c1-5-16(18-13-9-8-10-14(2)3)15-11-6-7-12-17(15)19-4/h6-7,11-12,14,16,18H,5,8-10,13H2,1-4H3. The summed E-state index contributed by atoms with van der Waals surface area (Å²) in [5.41, 5.74) is 1.27. The van der Waals surface area contributed by atoms with Crippen LogP contribution in [0.15, 0.2) is 24.3 Å². The number of hydrogen-bond donors (Lipinski definition) is 1. The lowest BCUT2D eigenvalue weighted by Gasteiger charge is -2.20. The fourth-order valence-corrected chi connectivity index (χ4v) is 2.38. The molecule has 0 bridgehead atoms. The first-order valence-electron chi connectivity index (χ1n) is 7.55. The van der Waals surface area contributed by atoms with Crippen LogP contribution in [0, 0.1) is 5.92 Å². The molecule has 0 amide bonds. The van der Waals surface area contributed by atoms with Crippen LogP contribution in [0.3, 0.4) is 0 Å². The molecule has 0 radical (unpaired) electrons. The minimum atomic E-state index is 0.398. The molecule has 1 unspecified atom stereocenters. The molecule has 1 atom stereocenters. The van der Waals surface area contributed by atoms with Gasteiger partial charge < -0.3 is 10.1 Å². The van der Waals surface area contributed by atoms with E-state index in [9.17, 15) is 0 Å². The van der Waals surface area contributed by atoms with Crippen LogP contribution in [0.25, 0.3) is 0 Å². The summed E-state index contributed by atoms with van der Waals surface area (Å²) in [6, 6.07) is 8.71. The molecule has 2 heteroatoms. The smallest absolute Gasteiger partial charge is 0.123 e. The molecule has 0 spiro atoms. The molecular formula is C17H29NO. The fourth-order valence-electron chi connectivity index (χ4n) is 2.38. The van der Waals surface area contributed by atoms with Crippen molar-refractivity contribution < 1.29 is 4.74 Å². The average Bonchev–Trinajstić information content (AvgIpc) is 2.42. The molecule has 1 rings (SSSR count). The van der Waals surface area contributed by atoms with E-state index >= 15 is 0 Å². The van der Waals surface area contributed by atoms with Gasteiger partial charge in [-0.2, -0.15) is 0 Å². The van der Waals surface area contributed by atoms with Crippen LogP contribution < -0.4 is 10.1 Å². The Morgan fingerprint density at radius 3 is 2.53 bits per heavy atom. The normalized spacial score (nSPS) is 12.7. The second kappa shape index (κ2) is 8.98. The fraction of sp³-hybridized carbons (Fsp3) is 0.647. The number of rotatable bonds is 9. The van der Waals surface area contributed by atoms with E-state index in [-0.39, 0.29) is 0 Å². The second-order valence-electron chi connectivity index (χ2n) is 5.55. The van der Waals surface area contributed by atoms with E-state index in [1.165, 1.54) is 24.8 Å². The van der Waals surface area contributed by atoms with Gasteiger partial charge in [0, 0.05) is 11.6 Å². The van der Waals surface area contributed by atoms with Crippen LogP contribution in [0.5, 0.6) is 5.75 Å². The molecule has 108 valence electrons. The number of para-hydroxylation sites is 1. The van der Waals surface area contributed by atoms with Gasteiger partial charge in [0.15, 0.2) is 0 Å². The Bertz CT molecular complexity index is 349. The van der Waals surface area contributed by atoms with Gasteiger partial charge in [-0.05, 0) is 31.4 Å². The number of benzene rings is 1. The Kier molecular flexibility index (Phi) is 7.57. The van der Waals surface area contributed by atoms with Gasteiger partial charge in [0.1, 0.15) is 5.75 Å². The Hall–Kier alpha value is -1.02. The van der Waals surface area contributed by atoms with E-state index in [1.54, 1.807) is 7.11 Å². The maximum absolute atomic E-state index is 5.45. The Morgan fingerprint density at radius 2 is 1.89 bits per heavy atom. The zero-order valence-corrected chi connectivity index (χ0v) is 12.9. The van der Waals surface area contributed by atoms with E-state index < -0.39 is 0 Å². The number of nitrogens with one attached hydrogen (secondary N) is 1. The first-order chi connectivity index (χ1) is 9.19. The van der Waals surface area contributed by atoms with Crippen LogP contribution in [0.4, 0.5) is 0 Å². The predicted molar refractivity (Wildman–Crippen MR) is 82.7 cm³/mol. The molecule has 2 nitrogen and oxygen atoms in total. The van der Waals surface area contributed by atoms with Gasteiger partial charge in [-0.1, -0.05) is 51.8 Å². The predicted octanol–water partition coefficient (Wildman–Crippen LogP) is 4.56. The molecule has 1 N–H and O–H groups in total. The van der Waals surface area contributed by atoms with Crippen molar-refractivity contribution in [2.45, 2.75) is 52.5 Å². The molecule has 19 heavy (non-hydrogen) atoms. The third kappa shape index (κ3) is 5.65. The molecule has 0 saturated heterocycles. The molecule has 1 aromatic carbocycles. The number of unbranched alkanes of at least 4 members (excludes halogenated alkanes) is 1. The third-order valence-corrected chi connectivity index (χ3v) is 3.52. The summed E-state index contributed by atoms with van der Waals surface area (Å²) in [7, 11) is 1.74.